The third kappa shape index (κ3) is 5.60. The van der Waals surface area contributed by atoms with Crippen LogP contribution < -0.4 is 20.5 Å². The molecule has 0 unspecified atom stereocenters. The van der Waals surface area contributed by atoms with Gasteiger partial charge in [0.1, 0.15) is 18.1 Å². The van der Waals surface area contributed by atoms with E-state index in [0.717, 1.165) is 5.56 Å². The summed E-state index contributed by atoms with van der Waals surface area (Å²) in [6.45, 7) is 0.319. The van der Waals surface area contributed by atoms with Gasteiger partial charge in [0.2, 0.25) is 0 Å². The maximum absolute atomic E-state index is 12.2. The number of nitrogens with one attached hydrogen (secondary N) is 2. The summed E-state index contributed by atoms with van der Waals surface area (Å²) < 4.78 is 15.8. The normalized spacial score (nSPS) is 10.5. The second-order valence-corrected chi connectivity index (χ2v) is 6.61. The van der Waals surface area contributed by atoms with Crippen molar-refractivity contribution in [2.45, 2.75) is 6.61 Å². The average Bonchev–Trinajstić information content (AvgIpc) is 3.24. The number of amides is 1. The molecular formula is C23H19N3O5. The molecule has 3 aromatic carbocycles. The number of nitrogens with zero attached hydrogens (tertiary/aromatic N) is 1. The Labute approximate surface area is 177 Å². The monoisotopic (exact) mass is 417 g/mol. The van der Waals surface area contributed by atoms with Gasteiger partial charge in [-0.15, -0.1) is 0 Å². The number of hydrogen-bond donors (Lipinski definition) is 2. The minimum atomic E-state index is -0.644. The van der Waals surface area contributed by atoms with Crippen molar-refractivity contribution in [1.82, 2.24) is 10.1 Å². The number of rotatable bonds is 8. The zero-order valence-corrected chi connectivity index (χ0v) is 16.4. The number of ether oxygens (including phenoxy) is 2. The Hall–Kier alpha value is -4.33. The number of hydrogen-bond acceptors (Lipinski definition) is 6. The summed E-state index contributed by atoms with van der Waals surface area (Å²) in [5.41, 5.74) is 2.23. The Kier molecular flexibility index (Phi) is 6.08. The summed E-state index contributed by atoms with van der Waals surface area (Å²) in [6, 6.07) is 23.8. The second kappa shape index (κ2) is 9.45. The molecule has 0 radical (unpaired) electrons. The van der Waals surface area contributed by atoms with Gasteiger partial charge in [0, 0.05) is 11.3 Å². The van der Waals surface area contributed by atoms with Crippen molar-refractivity contribution in [2.75, 3.05) is 11.9 Å². The lowest BCUT2D eigenvalue weighted by molar-refractivity contribution is -0.118. The van der Waals surface area contributed by atoms with E-state index in [9.17, 15) is 9.59 Å². The highest BCUT2D eigenvalue weighted by Crippen LogP contribution is 2.20. The number of carbonyl (C=O) groups excluding carboxylic acids is 1. The Morgan fingerprint density at radius 2 is 1.68 bits per heavy atom. The van der Waals surface area contributed by atoms with E-state index in [-0.39, 0.29) is 18.3 Å². The molecule has 8 nitrogen and oxygen atoms in total. The molecule has 1 heterocycles. The molecule has 2 N–H and O–H groups in total. The van der Waals surface area contributed by atoms with Gasteiger partial charge in [-0.05, 0) is 42.0 Å². The lowest BCUT2D eigenvalue weighted by Crippen LogP contribution is -2.20. The minimum Gasteiger partial charge on any atom is -0.489 e. The van der Waals surface area contributed by atoms with Crippen LogP contribution in [-0.4, -0.2) is 22.7 Å². The maximum Gasteiger partial charge on any atom is 0.439 e. The molecule has 31 heavy (non-hydrogen) atoms. The van der Waals surface area contributed by atoms with Crippen LogP contribution in [0.15, 0.2) is 88.2 Å². The van der Waals surface area contributed by atoms with Gasteiger partial charge in [-0.1, -0.05) is 47.6 Å². The summed E-state index contributed by atoms with van der Waals surface area (Å²) >= 11 is 0. The Bertz CT molecular complexity index is 1200. The summed E-state index contributed by atoms with van der Waals surface area (Å²) in [4.78, 5) is 25.8. The van der Waals surface area contributed by atoms with Crippen molar-refractivity contribution < 1.29 is 18.8 Å². The summed E-state index contributed by atoms with van der Waals surface area (Å²) in [6.07, 6.45) is 0. The van der Waals surface area contributed by atoms with Crippen LogP contribution in [0.4, 0.5) is 5.69 Å². The second-order valence-electron chi connectivity index (χ2n) is 6.61. The van der Waals surface area contributed by atoms with Gasteiger partial charge in [0.25, 0.3) is 5.91 Å². The predicted octanol–water partition coefficient (Wildman–Crippen LogP) is 3.63. The van der Waals surface area contributed by atoms with Crippen molar-refractivity contribution in [2.24, 2.45) is 0 Å². The summed E-state index contributed by atoms with van der Waals surface area (Å²) in [5.74, 6) is 0.580. The molecule has 8 heteroatoms. The molecule has 0 spiro atoms. The molecule has 0 bridgehead atoms. The maximum atomic E-state index is 12.2. The van der Waals surface area contributed by atoms with Crippen molar-refractivity contribution in [3.63, 3.8) is 0 Å². The highest BCUT2D eigenvalue weighted by molar-refractivity contribution is 5.92. The van der Waals surface area contributed by atoms with Crippen molar-refractivity contribution in [3.8, 4) is 22.9 Å². The first kappa shape index (κ1) is 20.0. The zero-order chi connectivity index (χ0) is 21.5. The van der Waals surface area contributed by atoms with Crippen LogP contribution in [0.5, 0.6) is 11.5 Å². The van der Waals surface area contributed by atoms with Gasteiger partial charge in [0.05, 0.1) is 0 Å². The first-order valence-corrected chi connectivity index (χ1v) is 9.51. The fraction of sp³-hybridized carbons (Fsp3) is 0.0870. The van der Waals surface area contributed by atoms with E-state index in [2.05, 4.69) is 20.0 Å². The molecule has 0 saturated heterocycles. The van der Waals surface area contributed by atoms with Gasteiger partial charge in [-0.25, -0.2) is 4.79 Å². The van der Waals surface area contributed by atoms with Gasteiger partial charge < -0.3 is 14.8 Å². The topological polar surface area (TPSA) is 106 Å². The fourth-order valence-electron chi connectivity index (χ4n) is 2.82. The van der Waals surface area contributed by atoms with E-state index in [1.807, 2.05) is 30.3 Å². The number of H-pyrrole nitrogens is 1. The van der Waals surface area contributed by atoms with Crippen LogP contribution in [0.25, 0.3) is 11.4 Å². The van der Waals surface area contributed by atoms with E-state index in [0.29, 0.717) is 29.4 Å². The fourth-order valence-corrected chi connectivity index (χ4v) is 2.82. The molecule has 0 aliphatic heterocycles. The quantitative estimate of drug-likeness (QED) is 0.453. The number of aromatic nitrogens is 2. The van der Waals surface area contributed by atoms with Gasteiger partial charge >= 0.3 is 5.76 Å². The largest absolute Gasteiger partial charge is 0.489 e. The first-order chi connectivity index (χ1) is 15.2. The van der Waals surface area contributed by atoms with E-state index in [1.165, 1.54) is 0 Å². The molecule has 0 fully saturated rings. The van der Waals surface area contributed by atoms with Crippen molar-refractivity contribution in [1.29, 1.82) is 0 Å². The highest BCUT2D eigenvalue weighted by atomic mass is 16.5. The summed E-state index contributed by atoms with van der Waals surface area (Å²) in [7, 11) is 0. The predicted molar refractivity (Wildman–Crippen MR) is 114 cm³/mol. The highest BCUT2D eigenvalue weighted by Gasteiger charge is 2.08. The number of carbonyl (C=O) groups is 1. The molecule has 1 aromatic heterocycles. The summed E-state index contributed by atoms with van der Waals surface area (Å²) in [5, 5.41) is 6.37. The van der Waals surface area contributed by atoms with E-state index in [1.54, 1.807) is 48.5 Å². The van der Waals surface area contributed by atoms with Crippen LogP contribution in [0.1, 0.15) is 5.56 Å². The number of anilines is 1. The molecule has 156 valence electrons. The molecule has 1 amide bonds. The molecular weight excluding hydrogens is 398 g/mol. The van der Waals surface area contributed by atoms with E-state index < -0.39 is 5.76 Å². The molecule has 0 atom stereocenters. The minimum absolute atomic E-state index is 0.157. The lowest BCUT2D eigenvalue weighted by atomic mass is 10.2. The van der Waals surface area contributed by atoms with Crippen molar-refractivity contribution in [3.05, 3.63) is 95.0 Å². The first-order valence-electron chi connectivity index (χ1n) is 9.51. The van der Waals surface area contributed by atoms with Crippen LogP contribution in [-0.2, 0) is 11.4 Å². The molecule has 0 aliphatic rings. The molecule has 0 saturated carbocycles. The molecule has 4 aromatic rings. The lowest BCUT2D eigenvalue weighted by Gasteiger charge is -2.10. The van der Waals surface area contributed by atoms with E-state index >= 15 is 0 Å². The zero-order valence-electron chi connectivity index (χ0n) is 16.4. The number of aromatic amines is 1. The van der Waals surface area contributed by atoms with Crippen LogP contribution in [0.2, 0.25) is 0 Å². The van der Waals surface area contributed by atoms with Gasteiger partial charge in [-0.3, -0.25) is 14.3 Å². The average molecular weight is 417 g/mol. The van der Waals surface area contributed by atoms with Crippen LogP contribution in [0.3, 0.4) is 0 Å². The van der Waals surface area contributed by atoms with Crippen molar-refractivity contribution >= 4 is 11.6 Å². The standard InChI is InChI=1S/C23H19N3O5/c27-21(24-18-8-4-7-17(13-18)22-25-23(28)31-26-22)15-30-20-11-9-19(10-12-20)29-14-16-5-2-1-3-6-16/h1-13H,14-15H2,(H,24,27)(H,25,26,28). The SMILES string of the molecule is O=C(COc1ccc(OCc2ccccc2)cc1)Nc1cccc(-c2noc(=O)[nH]2)c1. The Morgan fingerprint density at radius 1 is 0.935 bits per heavy atom. The van der Waals surface area contributed by atoms with Crippen LogP contribution >= 0.6 is 0 Å². The van der Waals surface area contributed by atoms with Gasteiger partial charge in [-0.2, -0.15) is 0 Å². The smallest absolute Gasteiger partial charge is 0.439 e. The Morgan fingerprint density at radius 3 is 2.39 bits per heavy atom. The molecule has 0 aliphatic carbocycles. The molecule has 4 rings (SSSR count). The third-order valence-electron chi connectivity index (χ3n) is 4.30. The Balaban J connectivity index is 1.27. The number of benzene rings is 3. The third-order valence-corrected chi connectivity index (χ3v) is 4.30. The van der Waals surface area contributed by atoms with Gasteiger partial charge in [0.15, 0.2) is 12.4 Å². The van der Waals surface area contributed by atoms with E-state index in [4.69, 9.17) is 9.47 Å². The van der Waals surface area contributed by atoms with Crippen LogP contribution in [0, 0.1) is 0 Å².